The summed E-state index contributed by atoms with van der Waals surface area (Å²) in [6.45, 7) is 2.09. The van der Waals surface area contributed by atoms with Crippen molar-refractivity contribution in [1.29, 1.82) is 0 Å². The molecule has 2 heterocycles. The van der Waals surface area contributed by atoms with Gasteiger partial charge in [0, 0.05) is 18.3 Å². The van der Waals surface area contributed by atoms with Crippen LogP contribution in [0.15, 0.2) is 53.1 Å². The number of rotatable bonds is 6. The number of allylic oxidation sites excluding steroid dienone is 1. The van der Waals surface area contributed by atoms with Gasteiger partial charge < -0.3 is 9.15 Å². The molecule has 6 heteroatoms. The first kappa shape index (κ1) is 17.0. The number of aromatic nitrogens is 2. The Morgan fingerprint density at radius 2 is 2.20 bits per heavy atom. The van der Waals surface area contributed by atoms with Crippen molar-refractivity contribution in [2.75, 3.05) is 0 Å². The Labute approximate surface area is 150 Å². The van der Waals surface area contributed by atoms with Gasteiger partial charge in [0.2, 0.25) is 0 Å². The Morgan fingerprint density at radius 1 is 1.36 bits per heavy atom. The monoisotopic (exact) mass is 356 g/mol. The molecule has 128 valence electrons. The van der Waals surface area contributed by atoms with Crippen molar-refractivity contribution in [2.45, 2.75) is 13.5 Å². The molecule has 0 unspecified atom stereocenters. The lowest BCUT2D eigenvalue weighted by Gasteiger charge is -2.03. The highest BCUT2D eigenvalue weighted by Crippen LogP contribution is 2.19. The third kappa shape index (κ3) is 4.39. The lowest BCUT2D eigenvalue weighted by molar-refractivity contribution is 0.104. The molecule has 2 aromatic heterocycles. The van der Waals surface area contributed by atoms with Crippen LogP contribution in [0.5, 0.6) is 5.75 Å². The normalized spacial score (nSPS) is 11.2. The van der Waals surface area contributed by atoms with Crippen LogP contribution in [0.25, 0.3) is 6.08 Å². The van der Waals surface area contributed by atoms with E-state index in [1.807, 2.05) is 18.2 Å². The fourth-order valence-electron chi connectivity index (χ4n) is 2.36. The third-order valence-corrected chi connectivity index (χ3v) is 3.77. The second kappa shape index (κ2) is 7.40. The summed E-state index contributed by atoms with van der Waals surface area (Å²) >= 11 is 5.91. The number of nitrogens with zero attached hydrogens (tertiary/aromatic N) is 2. The lowest BCUT2D eigenvalue weighted by Crippen LogP contribution is -1.94. The van der Waals surface area contributed by atoms with E-state index in [2.05, 4.69) is 5.10 Å². The molecule has 0 atom stereocenters. The maximum absolute atomic E-state index is 12.2. The zero-order valence-corrected chi connectivity index (χ0v) is 14.7. The molecule has 0 aliphatic heterocycles. The number of hydrogen-bond acceptors (Lipinski definition) is 4. The number of aryl methyl sites for hydroxylation is 2. The molecule has 3 rings (SSSR count). The molecule has 5 nitrogen and oxygen atoms in total. The first-order chi connectivity index (χ1) is 12.0. The Kier molecular flexibility index (Phi) is 5.05. The minimum absolute atomic E-state index is 0.112. The maximum Gasteiger partial charge on any atom is 0.189 e. The second-order valence-corrected chi connectivity index (χ2v) is 5.99. The maximum atomic E-state index is 12.2. The van der Waals surface area contributed by atoms with Crippen molar-refractivity contribution in [3.8, 4) is 5.75 Å². The van der Waals surface area contributed by atoms with Crippen molar-refractivity contribution in [2.24, 2.45) is 7.05 Å². The van der Waals surface area contributed by atoms with Crippen molar-refractivity contribution in [3.05, 3.63) is 76.5 Å². The number of hydrogen-bond donors (Lipinski definition) is 0. The molecule has 0 fully saturated rings. The van der Waals surface area contributed by atoms with Crippen molar-refractivity contribution in [1.82, 2.24) is 9.78 Å². The molecule has 0 radical (unpaired) electrons. The summed E-state index contributed by atoms with van der Waals surface area (Å²) in [6.07, 6.45) is 4.82. The number of benzene rings is 1. The molecule has 0 aliphatic carbocycles. The number of halogens is 1. The Bertz CT molecular complexity index is 924. The summed E-state index contributed by atoms with van der Waals surface area (Å²) < 4.78 is 12.9. The van der Waals surface area contributed by atoms with Crippen LogP contribution < -0.4 is 4.74 Å². The summed E-state index contributed by atoms with van der Waals surface area (Å²) in [5, 5.41) is 4.78. The minimum atomic E-state index is -0.112. The van der Waals surface area contributed by atoms with Crippen LogP contribution >= 0.6 is 11.6 Å². The van der Waals surface area contributed by atoms with Gasteiger partial charge >= 0.3 is 0 Å². The van der Waals surface area contributed by atoms with E-state index in [0.717, 1.165) is 0 Å². The average molecular weight is 357 g/mol. The molecule has 0 saturated heterocycles. The predicted octanol–water partition coefficient (Wildman–Crippen LogP) is 4.45. The van der Waals surface area contributed by atoms with Crippen LogP contribution in [0.1, 0.15) is 27.6 Å². The number of carbonyl (C=O) groups excluding carboxylic acids is 1. The average Bonchev–Trinajstić information content (AvgIpc) is 3.17. The van der Waals surface area contributed by atoms with Gasteiger partial charge in [-0.05, 0) is 49.4 Å². The minimum Gasteiger partial charge on any atom is -0.486 e. The Balaban J connectivity index is 1.61. The van der Waals surface area contributed by atoms with E-state index in [9.17, 15) is 4.79 Å². The smallest absolute Gasteiger partial charge is 0.189 e. The van der Waals surface area contributed by atoms with Crippen LogP contribution in [-0.2, 0) is 13.7 Å². The molecule has 25 heavy (non-hydrogen) atoms. The third-order valence-electron chi connectivity index (χ3n) is 3.54. The topological polar surface area (TPSA) is 57.3 Å². The fraction of sp³-hybridized carbons (Fsp3) is 0.158. The quantitative estimate of drug-likeness (QED) is 0.483. The van der Waals surface area contributed by atoms with Gasteiger partial charge in [-0.25, -0.2) is 0 Å². The van der Waals surface area contributed by atoms with Crippen molar-refractivity contribution >= 4 is 23.5 Å². The highest BCUT2D eigenvalue weighted by Gasteiger charge is 2.10. The van der Waals surface area contributed by atoms with E-state index in [0.29, 0.717) is 33.6 Å². The van der Waals surface area contributed by atoms with Crippen LogP contribution in [0.3, 0.4) is 0 Å². The summed E-state index contributed by atoms with van der Waals surface area (Å²) in [5.74, 6) is 1.80. The SMILES string of the molecule is Cc1nn(C)cc1C(=O)C=Cc1ccc(COc2cccc(Cl)c2)o1. The molecular formula is C19H17ClN2O3. The molecule has 0 saturated carbocycles. The first-order valence-corrected chi connectivity index (χ1v) is 8.09. The van der Waals surface area contributed by atoms with E-state index in [1.54, 1.807) is 49.1 Å². The van der Waals surface area contributed by atoms with E-state index in [1.165, 1.54) is 6.08 Å². The first-order valence-electron chi connectivity index (χ1n) is 7.71. The highest BCUT2D eigenvalue weighted by atomic mass is 35.5. The Morgan fingerprint density at radius 3 is 2.92 bits per heavy atom. The van der Waals surface area contributed by atoms with E-state index >= 15 is 0 Å². The number of ether oxygens (including phenoxy) is 1. The molecule has 0 bridgehead atoms. The van der Waals surface area contributed by atoms with E-state index in [-0.39, 0.29) is 12.4 Å². The van der Waals surface area contributed by atoms with Crippen LogP contribution in [0, 0.1) is 6.92 Å². The largest absolute Gasteiger partial charge is 0.486 e. The predicted molar refractivity (Wildman–Crippen MR) is 95.8 cm³/mol. The summed E-state index contributed by atoms with van der Waals surface area (Å²) in [7, 11) is 1.78. The molecule has 3 aromatic rings. The number of ketones is 1. The van der Waals surface area contributed by atoms with Gasteiger partial charge in [-0.2, -0.15) is 5.10 Å². The summed E-state index contributed by atoms with van der Waals surface area (Å²) in [6, 6.07) is 10.8. The Hall–Kier alpha value is -2.79. The van der Waals surface area contributed by atoms with Crippen LogP contribution in [0.2, 0.25) is 5.02 Å². The van der Waals surface area contributed by atoms with Gasteiger partial charge in [0.05, 0.1) is 11.3 Å². The second-order valence-electron chi connectivity index (χ2n) is 5.55. The molecule has 0 N–H and O–H groups in total. The molecule has 0 aliphatic rings. The van der Waals surface area contributed by atoms with Crippen LogP contribution in [0.4, 0.5) is 0 Å². The molecular weight excluding hydrogens is 340 g/mol. The summed E-state index contributed by atoms with van der Waals surface area (Å²) in [5.41, 5.74) is 1.28. The fourth-order valence-corrected chi connectivity index (χ4v) is 2.54. The molecule has 0 amide bonds. The zero-order chi connectivity index (χ0) is 17.8. The van der Waals surface area contributed by atoms with Gasteiger partial charge in [-0.1, -0.05) is 17.7 Å². The van der Waals surface area contributed by atoms with Gasteiger partial charge in [-0.3, -0.25) is 9.48 Å². The number of furan rings is 1. The van der Waals surface area contributed by atoms with E-state index in [4.69, 9.17) is 20.8 Å². The van der Waals surface area contributed by atoms with Crippen LogP contribution in [-0.4, -0.2) is 15.6 Å². The number of carbonyl (C=O) groups is 1. The molecule has 1 aromatic carbocycles. The highest BCUT2D eigenvalue weighted by molar-refractivity contribution is 6.30. The summed E-state index contributed by atoms with van der Waals surface area (Å²) in [4.78, 5) is 12.2. The van der Waals surface area contributed by atoms with Gasteiger partial charge in [-0.15, -0.1) is 0 Å². The van der Waals surface area contributed by atoms with Gasteiger partial charge in [0.25, 0.3) is 0 Å². The zero-order valence-electron chi connectivity index (χ0n) is 13.9. The van der Waals surface area contributed by atoms with Crippen molar-refractivity contribution < 1.29 is 13.9 Å². The molecule has 0 spiro atoms. The van der Waals surface area contributed by atoms with Gasteiger partial charge in [0.15, 0.2) is 5.78 Å². The standard InChI is InChI=1S/C19H17ClN2O3/c1-13-18(11-22(2)21-13)19(23)9-8-15-6-7-17(25-15)12-24-16-5-3-4-14(20)10-16/h3-11H,12H2,1-2H3. The van der Waals surface area contributed by atoms with Gasteiger partial charge in [0.1, 0.15) is 23.9 Å². The van der Waals surface area contributed by atoms with Crippen molar-refractivity contribution in [3.63, 3.8) is 0 Å². The lowest BCUT2D eigenvalue weighted by atomic mass is 10.1. The van der Waals surface area contributed by atoms with E-state index < -0.39 is 0 Å².